The van der Waals surface area contributed by atoms with Crippen molar-refractivity contribution in [1.82, 2.24) is 20.1 Å². The average molecular weight is 346 g/mol. The van der Waals surface area contributed by atoms with E-state index in [1.54, 1.807) is 39.7 Å². The quantitative estimate of drug-likeness (QED) is 0.746. The minimum atomic E-state index is -0.106. The zero-order chi connectivity index (χ0) is 16.2. The number of hydrogen-bond acceptors (Lipinski definition) is 5. The van der Waals surface area contributed by atoms with Crippen molar-refractivity contribution in [3.05, 3.63) is 56.4 Å². The van der Waals surface area contributed by atoms with Gasteiger partial charge in [0.05, 0.1) is 11.7 Å². The molecule has 120 valence electrons. The third kappa shape index (κ3) is 4.05. The van der Waals surface area contributed by atoms with Gasteiger partial charge < -0.3 is 5.32 Å². The van der Waals surface area contributed by atoms with Crippen molar-refractivity contribution in [1.29, 1.82) is 0 Å². The highest BCUT2D eigenvalue weighted by molar-refractivity contribution is 7.11. The van der Waals surface area contributed by atoms with E-state index in [4.69, 9.17) is 0 Å². The first-order valence-electron chi connectivity index (χ1n) is 7.33. The second-order valence-corrected chi connectivity index (χ2v) is 7.37. The van der Waals surface area contributed by atoms with Crippen LogP contribution in [0.3, 0.4) is 0 Å². The highest BCUT2D eigenvalue weighted by Crippen LogP contribution is 2.26. The number of nitrogens with zero attached hydrogens (tertiary/aromatic N) is 3. The topological polar surface area (TPSA) is 59.8 Å². The van der Waals surface area contributed by atoms with Crippen molar-refractivity contribution in [3.63, 3.8) is 0 Å². The number of thiazole rings is 1. The van der Waals surface area contributed by atoms with E-state index in [-0.39, 0.29) is 18.5 Å². The fourth-order valence-electron chi connectivity index (χ4n) is 2.27. The largest absolute Gasteiger partial charge is 0.345 e. The van der Waals surface area contributed by atoms with Gasteiger partial charge in [-0.05, 0) is 42.3 Å². The number of nitrogens with one attached hydrogen (secondary N) is 1. The van der Waals surface area contributed by atoms with Crippen molar-refractivity contribution >= 4 is 28.6 Å². The van der Waals surface area contributed by atoms with E-state index in [2.05, 4.69) is 39.1 Å². The molecule has 0 saturated heterocycles. The molecule has 1 amide bonds. The minimum Gasteiger partial charge on any atom is -0.345 e. The molecule has 0 unspecified atom stereocenters. The molecule has 0 aliphatic rings. The van der Waals surface area contributed by atoms with Crippen LogP contribution in [0, 0.1) is 13.8 Å². The first-order valence-corrected chi connectivity index (χ1v) is 9.09. The monoisotopic (exact) mass is 346 g/mol. The minimum absolute atomic E-state index is 0.0561. The molecular weight excluding hydrogens is 328 g/mol. The number of amides is 1. The van der Waals surface area contributed by atoms with E-state index < -0.39 is 0 Å². The Hall–Kier alpha value is -1.99. The standard InChI is InChI=1S/C16H18N4OS2/c1-11-12(2)23-16(18-11)14(8-13-4-7-22-10-13)19-15(21)9-20-6-3-5-17-20/h3-7,10,14H,8-9H2,1-2H3,(H,19,21)/t14-/m1/s1. The maximum atomic E-state index is 12.3. The van der Waals surface area contributed by atoms with Crippen LogP contribution >= 0.6 is 22.7 Å². The number of rotatable bonds is 6. The van der Waals surface area contributed by atoms with Crippen LogP contribution in [0.15, 0.2) is 35.3 Å². The molecule has 1 N–H and O–H groups in total. The predicted molar refractivity (Wildman–Crippen MR) is 92.7 cm³/mol. The van der Waals surface area contributed by atoms with Crippen LogP contribution in [-0.2, 0) is 17.8 Å². The van der Waals surface area contributed by atoms with Crippen LogP contribution in [0.25, 0.3) is 0 Å². The van der Waals surface area contributed by atoms with Crippen molar-refractivity contribution in [2.24, 2.45) is 0 Å². The molecule has 0 fully saturated rings. The normalized spacial score (nSPS) is 12.3. The number of carbonyl (C=O) groups is 1. The maximum absolute atomic E-state index is 12.3. The van der Waals surface area contributed by atoms with Crippen molar-refractivity contribution in [2.75, 3.05) is 0 Å². The molecule has 23 heavy (non-hydrogen) atoms. The van der Waals surface area contributed by atoms with Crippen LogP contribution in [0.5, 0.6) is 0 Å². The molecule has 0 bridgehead atoms. The Morgan fingerprint density at radius 2 is 2.30 bits per heavy atom. The number of aromatic nitrogens is 3. The first kappa shape index (κ1) is 15.9. The predicted octanol–water partition coefficient (Wildman–Crippen LogP) is 3.12. The summed E-state index contributed by atoms with van der Waals surface area (Å²) in [5, 5.41) is 12.3. The first-order chi connectivity index (χ1) is 11.1. The molecule has 0 aliphatic carbocycles. The van der Waals surface area contributed by atoms with Crippen molar-refractivity contribution in [3.8, 4) is 0 Å². The van der Waals surface area contributed by atoms with Gasteiger partial charge in [0.2, 0.25) is 5.91 Å². The van der Waals surface area contributed by atoms with Crippen molar-refractivity contribution in [2.45, 2.75) is 32.9 Å². The summed E-state index contributed by atoms with van der Waals surface area (Å²) in [4.78, 5) is 18.1. The lowest BCUT2D eigenvalue weighted by Crippen LogP contribution is -2.32. The Labute approximate surface area is 143 Å². The van der Waals surface area contributed by atoms with E-state index in [9.17, 15) is 4.79 Å². The molecule has 5 nitrogen and oxygen atoms in total. The van der Waals surface area contributed by atoms with Crippen molar-refractivity contribution < 1.29 is 4.79 Å². The van der Waals surface area contributed by atoms with Gasteiger partial charge >= 0.3 is 0 Å². The van der Waals surface area contributed by atoms with Crippen LogP contribution in [0.4, 0.5) is 0 Å². The second-order valence-electron chi connectivity index (χ2n) is 5.35. The number of hydrogen-bond donors (Lipinski definition) is 1. The maximum Gasteiger partial charge on any atom is 0.242 e. The smallest absolute Gasteiger partial charge is 0.242 e. The molecule has 0 aromatic carbocycles. The van der Waals surface area contributed by atoms with E-state index in [1.807, 2.05) is 13.0 Å². The van der Waals surface area contributed by atoms with Gasteiger partial charge in [-0.25, -0.2) is 4.98 Å². The Morgan fingerprint density at radius 1 is 1.43 bits per heavy atom. The highest BCUT2D eigenvalue weighted by Gasteiger charge is 2.20. The zero-order valence-corrected chi connectivity index (χ0v) is 14.7. The summed E-state index contributed by atoms with van der Waals surface area (Å²) in [6.45, 7) is 4.28. The molecule has 3 aromatic heterocycles. The van der Waals surface area contributed by atoms with Gasteiger partial charge in [0, 0.05) is 23.7 Å². The molecule has 3 aromatic rings. The number of aryl methyl sites for hydroxylation is 2. The van der Waals surface area contributed by atoms with Gasteiger partial charge in [-0.3, -0.25) is 9.48 Å². The van der Waals surface area contributed by atoms with Gasteiger partial charge in [0.1, 0.15) is 11.6 Å². The van der Waals surface area contributed by atoms with Gasteiger partial charge in [0.25, 0.3) is 0 Å². The summed E-state index contributed by atoms with van der Waals surface area (Å²) in [5.41, 5.74) is 2.24. The van der Waals surface area contributed by atoms with Gasteiger partial charge in [-0.15, -0.1) is 11.3 Å². The molecule has 0 aliphatic heterocycles. The Balaban J connectivity index is 1.75. The third-order valence-corrected chi connectivity index (χ3v) is 5.48. The second kappa shape index (κ2) is 7.06. The molecule has 1 atom stereocenters. The Morgan fingerprint density at radius 3 is 2.91 bits per heavy atom. The molecule has 0 saturated carbocycles. The van der Waals surface area contributed by atoms with Crippen LogP contribution in [0.1, 0.15) is 27.2 Å². The van der Waals surface area contributed by atoms with E-state index >= 15 is 0 Å². The van der Waals surface area contributed by atoms with E-state index in [1.165, 1.54) is 10.4 Å². The summed E-state index contributed by atoms with van der Waals surface area (Å²) < 4.78 is 1.62. The van der Waals surface area contributed by atoms with Crippen LogP contribution in [0.2, 0.25) is 0 Å². The summed E-state index contributed by atoms with van der Waals surface area (Å²) in [7, 11) is 0. The van der Waals surface area contributed by atoms with E-state index in [0.717, 1.165) is 17.1 Å². The molecule has 0 spiro atoms. The Kier molecular flexibility index (Phi) is 4.88. The number of thiophene rings is 1. The van der Waals surface area contributed by atoms with Gasteiger partial charge in [-0.1, -0.05) is 0 Å². The van der Waals surface area contributed by atoms with Crippen LogP contribution < -0.4 is 5.32 Å². The SMILES string of the molecule is Cc1nc([C@@H](Cc2ccsc2)NC(=O)Cn2cccn2)sc1C. The Bertz CT molecular complexity index is 743. The summed E-state index contributed by atoms with van der Waals surface area (Å²) in [5.74, 6) is -0.0561. The zero-order valence-electron chi connectivity index (χ0n) is 13.0. The van der Waals surface area contributed by atoms with Gasteiger partial charge in [-0.2, -0.15) is 16.4 Å². The fraction of sp³-hybridized carbons (Fsp3) is 0.312. The lowest BCUT2D eigenvalue weighted by Gasteiger charge is -2.16. The van der Waals surface area contributed by atoms with E-state index in [0.29, 0.717) is 0 Å². The molecule has 3 rings (SSSR count). The average Bonchev–Trinajstić information content (AvgIpc) is 3.23. The van der Waals surface area contributed by atoms with Gasteiger partial charge in [0.15, 0.2) is 0 Å². The molecular formula is C16H18N4OS2. The third-order valence-electron chi connectivity index (χ3n) is 3.56. The molecule has 7 heteroatoms. The molecule has 0 radical (unpaired) electrons. The molecule has 3 heterocycles. The number of carbonyl (C=O) groups excluding carboxylic acids is 1. The summed E-state index contributed by atoms with van der Waals surface area (Å²) in [6, 6.07) is 3.79. The lowest BCUT2D eigenvalue weighted by molar-refractivity contribution is -0.122. The lowest BCUT2D eigenvalue weighted by atomic mass is 10.1. The highest BCUT2D eigenvalue weighted by atomic mass is 32.1. The summed E-state index contributed by atoms with van der Waals surface area (Å²) in [6.07, 6.45) is 4.20. The fourth-order valence-corrected chi connectivity index (χ4v) is 3.93. The summed E-state index contributed by atoms with van der Waals surface area (Å²) >= 11 is 3.31. The van der Waals surface area contributed by atoms with Crippen LogP contribution in [-0.4, -0.2) is 20.7 Å².